The van der Waals surface area contributed by atoms with Crippen LogP contribution in [0.4, 0.5) is 5.82 Å². The lowest BCUT2D eigenvalue weighted by molar-refractivity contribution is -0.115. The van der Waals surface area contributed by atoms with E-state index >= 15 is 0 Å². The van der Waals surface area contributed by atoms with Crippen LogP contribution in [0.5, 0.6) is 11.5 Å². The van der Waals surface area contributed by atoms with Crippen molar-refractivity contribution in [2.45, 2.75) is 30.7 Å². The van der Waals surface area contributed by atoms with Crippen molar-refractivity contribution in [2.24, 2.45) is 0 Å². The number of methoxy groups -OCH3 is 2. The van der Waals surface area contributed by atoms with Gasteiger partial charge in [0.2, 0.25) is 5.91 Å². The molecule has 0 saturated carbocycles. The lowest BCUT2D eigenvalue weighted by atomic mass is 10.0. The van der Waals surface area contributed by atoms with Crippen LogP contribution in [0.3, 0.4) is 0 Å². The zero-order valence-electron chi connectivity index (χ0n) is 20.2. The van der Waals surface area contributed by atoms with Gasteiger partial charge in [0.1, 0.15) is 17.3 Å². The topological polar surface area (TPSA) is 89.1 Å². The molecule has 7 nitrogen and oxygen atoms in total. The van der Waals surface area contributed by atoms with Crippen LogP contribution in [0.1, 0.15) is 19.0 Å². The third kappa shape index (κ3) is 5.84. The van der Waals surface area contributed by atoms with E-state index in [1.165, 1.54) is 11.8 Å². The van der Waals surface area contributed by atoms with E-state index in [0.717, 1.165) is 39.7 Å². The molecule has 0 bridgehead atoms. The number of hydrogen-bond acceptors (Lipinski definition) is 6. The Bertz CT molecular complexity index is 1220. The summed E-state index contributed by atoms with van der Waals surface area (Å²) in [6.45, 7) is 3.88. The summed E-state index contributed by atoms with van der Waals surface area (Å²) in [5, 5.41) is 3.25. The predicted molar refractivity (Wildman–Crippen MR) is 140 cm³/mol. The number of hydrogen-bond donors (Lipinski definition) is 2. The molecule has 0 aliphatic rings. The molecule has 0 fully saturated rings. The molecular weight excluding hydrogens is 460 g/mol. The molecule has 4 aromatic rings. The Morgan fingerprint density at radius 2 is 1.57 bits per heavy atom. The molecule has 4 rings (SSSR count). The van der Waals surface area contributed by atoms with Crippen LogP contribution < -0.4 is 14.8 Å². The highest BCUT2D eigenvalue weighted by molar-refractivity contribution is 8.00. The van der Waals surface area contributed by atoms with E-state index in [2.05, 4.69) is 15.3 Å². The van der Waals surface area contributed by atoms with Gasteiger partial charge in [-0.2, -0.15) is 0 Å². The van der Waals surface area contributed by atoms with Crippen molar-refractivity contribution in [3.8, 4) is 34.0 Å². The number of carbonyl (C=O) groups is 1. The highest BCUT2D eigenvalue weighted by Crippen LogP contribution is 2.35. The predicted octanol–water partition coefficient (Wildman–Crippen LogP) is 5.97. The van der Waals surface area contributed by atoms with Gasteiger partial charge in [-0.3, -0.25) is 4.79 Å². The van der Waals surface area contributed by atoms with Crippen LogP contribution in [0, 0.1) is 6.92 Å². The van der Waals surface area contributed by atoms with Gasteiger partial charge in [0.05, 0.1) is 30.9 Å². The minimum absolute atomic E-state index is 0.107. The number of thioether (sulfide) groups is 1. The zero-order chi connectivity index (χ0) is 24.8. The van der Waals surface area contributed by atoms with Crippen molar-refractivity contribution in [3.63, 3.8) is 0 Å². The smallest absolute Gasteiger partial charge is 0.239 e. The number of nitrogens with one attached hydrogen (secondary N) is 2. The Morgan fingerprint density at radius 3 is 2.14 bits per heavy atom. The number of nitrogens with zero attached hydrogens (tertiary/aromatic N) is 2. The van der Waals surface area contributed by atoms with Crippen LogP contribution in [-0.4, -0.2) is 40.3 Å². The first-order valence-corrected chi connectivity index (χ1v) is 12.2. The van der Waals surface area contributed by atoms with Gasteiger partial charge < -0.3 is 19.8 Å². The quantitative estimate of drug-likeness (QED) is 0.282. The molecule has 0 spiro atoms. The Morgan fingerprint density at radius 1 is 0.943 bits per heavy atom. The molecule has 2 N–H and O–H groups in total. The molecule has 1 amide bonds. The summed E-state index contributed by atoms with van der Waals surface area (Å²) in [6.07, 6.45) is 0.638. The van der Waals surface area contributed by atoms with Crippen molar-refractivity contribution in [2.75, 3.05) is 19.5 Å². The molecule has 2 aromatic carbocycles. The second kappa shape index (κ2) is 11.1. The van der Waals surface area contributed by atoms with E-state index < -0.39 is 0 Å². The van der Waals surface area contributed by atoms with E-state index in [-0.39, 0.29) is 11.2 Å². The number of imidazole rings is 1. The highest BCUT2D eigenvalue weighted by atomic mass is 32.2. The second-order valence-corrected chi connectivity index (χ2v) is 9.08. The molecule has 0 saturated heterocycles. The Hall–Kier alpha value is -3.78. The van der Waals surface area contributed by atoms with Gasteiger partial charge >= 0.3 is 0 Å². The molecule has 0 aliphatic carbocycles. The second-order valence-electron chi connectivity index (χ2n) is 7.89. The zero-order valence-corrected chi connectivity index (χ0v) is 21.0. The third-order valence-electron chi connectivity index (χ3n) is 5.48. The molecule has 1 atom stereocenters. The molecular formula is C27H28N4O3S. The van der Waals surface area contributed by atoms with Gasteiger partial charge in [0, 0.05) is 16.8 Å². The molecule has 1 unspecified atom stereocenters. The van der Waals surface area contributed by atoms with Crippen molar-refractivity contribution in [3.05, 3.63) is 72.4 Å². The summed E-state index contributed by atoms with van der Waals surface area (Å²) in [7, 11) is 3.29. The van der Waals surface area contributed by atoms with Gasteiger partial charge in [-0.1, -0.05) is 24.8 Å². The molecule has 35 heavy (non-hydrogen) atoms. The van der Waals surface area contributed by atoms with Gasteiger partial charge in [0.25, 0.3) is 0 Å². The normalized spacial score (nSPS) is 11.7. The van der Waals surface area contributed by atoms with Crippen LogP contribution in [-0.2, 0) is 4.79 Å². The number of ether oxygens (including phenoxy) is 2. The SMILES string of the molecule is CCC(Sc1nc(-c2ccc(OC)cc2)c(-c2ccc(OC)cc2)[nH]1)C(=O)Nc1cccc(C)n1. The fraction of sp³-hybridized carbons (Fsp3) is 0.222. The van der Waals surface area contributed by atoms with E-state index in [0.29, 0.717) is 17.4 Å². The van der Waals surface area contributed by atoms with Gasteiger partial charge in [0.15, 0.2) is 5.16 Å². The van der Waals surface area contributed by atoms with Crippen molar-refractivity contribution >= 4 is 23.5 Å². The Balaban J connectivity index is 1.64. The first kappa shape index (κ1) is 24.3. The van der Waals surface area contributed by atoms with Gasteiger partial charge in [-0.25, -0.2) is 9.97 Å². The Kier molecular flexibility index (Phi) is 7.72. The van der Waals surface area contributed by atoms with Crippen LogP contribution in [0.15, 0.2) is 71.9 Å². The molecule has 8 heteroatoms. The number of pyridine rings is 1. The minimum Gasteiger partial charge on any atom is -0.497 e. The summed E-state index contributed by atoms with van der Waals surface area (Å²) in [5.74, 6) is 1.99. The standard InChI is InChI=1S/C27H28N4O3S/c1-5-22(26(32)29-23-8-6-7-17(2)28-23)35-27-30-24(18-9-13-20(33-3)14-10-18)25(31-27)19-11-15-21(34-4)16-12-19/h6-16,22H,5H2,1-4H3,(H,30,31)(H,28,29,32). The number of benzene rings is 2. The van der Waals surface area contributed by atoms with Gasteiger partial charge in [-0.05, 0) is 74.0 Å². The number of amides is 1. The van der Waals surface area contributed by atoms with E-state index in [4.69, 9.17) is 14.5 Å². The van der Waals surface area contributed by atoms with Gasteiger partial charge in [-0.15, -0.1) is 0 Å². The van der Waals surface area contributed by atoms with E-state index in [1.807, 2.05) is 74.5 Å². The molecule has 0 aliphatic heterocycles. The van der Waals surface area contributed by atoms with Crippen molar-refractivity contribution in [1.29, 1.82) is 0 Å². The number of aromatic amines is 1. The lowest BCUT2D eigenvalue weighted by Gasteiger charge is -2.13. The van der Waals surface area contributed by atoms with Crippen LogP contribution in [0.25, 0.3) is 22.5 Å². The fourth-order valence-electron chi connectivity index (χ4n) is 3.61. The summed E-state index contributed by atoms with van der Waals surface area (Å²) >= 11 is 1.40. The molecule has 2 heterocycles. The molecule has 180 valence electrons. The molecule has 2 aromatic heterocycles. The number of aromatic nitrogens is 3. The number of rotatable bonds is 9. The maximum atomic E-state index is 13.0. The first-order chi connectivity index (χ1) is 17.0. The average molecular weight is 489 g/mol. The van der Waals surface area contributed by atoms with Crippen molar-refractivity contribution in [1.82, 2.24) is 15.0 Å². The summed E-state index contributed by atoms with van der Waals surface area (Å²) in [4.78, 5) is 25.7. The number of aryl methyl sites for hydroxylation is 1. The fourth-order valence-corrected chi connectivity index (χ4v) is 4.52. The minimum atomic E-state index is -0.337. The molecule has 0 radical (unpaired) electrons. The van der Waals surface area contributed by atoms with Crippen LogP contribution in [0.2, 0.25) is 0 Å². The number of anilines is 1. The maximum Gasteiger partial charge on any atom is 0.239 e. The van der Waals surface area contributed by atoms with E-state index in [1.54, 1.807) is 20.3 Å². The number of carbonyl (C=O) groups excluding carboxylic acids is 1. The summed E-state index contributed by atoms with van der Waals surface area (Å²) < 4.78 is 10.6. The average Bonchev–Trinajstić information content (AvgIpc) is 3.31. The van der Waals surface area contributed by atoms with Crippen LogP contribution >= 0.6 is 11.8 Å². The summed E-state index contributed by atoms with van der Waals surface area (Å²) in [6, 6.07) is 21.1. The highest BCUT2D eigenvalue weighted by Gasteiger charge is 2.22. The first-order valence-electron chi connectivity index (χ1n) is 11.3. The Labute approximate surface area is 209 Å². The van der Waals surface area contributed by atoms with E-state index in [9.17, 15) is 4.79 Å². The monoisotopic (exact) mass is 488 g/mol. The number of H-pyrrole nitrogens is 1. The lowest BCUT2D eigenvalue weighted by Crippen LogP contribution is -2.25. The third-order valence-corrected chi connectivity index (χ3v) is 6.73. The largest absolute Gasteiger partial charge is 0.497 e. The maximum absolute atomic E-state index is 13.0. The van der Waals surface area contributed by atoms with Crippen molar-refractivity contribution < 1.29 is 14.3 Å². The summed E-state index contributed by atoms with van der Waals surface area (Å²) in [5.41, 5.74) is 4.44.